The van der Waals surface area contributed by atoms with Gasteiger partial charge in [-0.2, -0.15) is 4.31 Å². The minimum absolute atomic E-state index is 0.119. The molecule has 2 fully saturated rings. The fraction of sp³-hybridized carbons (Fsp3) is 0.379. The van der Waals surface area contributed by atoms with Gasteiger partial charge in [-0.05, 0) is 67.6 Å². The van der Waals surface area contributed by atoms with E-state index >= 15 is 0 Å². The number of nitrogens with one attached hydrogen (secondary N) is 1. The van der Waals surface area contributed by atoms with E-state index in [1.54, 1.807) is 44.6 Å². The summed E-state index contributed by atoms with van der Waals surface area (Å²) in [6.45, 7) is 0.608. The third-order valence-electron chi connectivity index (χ3n) is 7.60. The van der Waals surface area contributed by atoms with E-state index in [4.69, 9.17) is 9.47 Å². The number of anilines is 1. The third-order valence-corrected chi connectivity index (χ3v) is 9.56. The van der Waals surface area contributed by atoms with Crippen molar-refractivity contribution in [3.8, 4) is 17.0 Å². The van der Waals surface area contributed by atoms with Crippen LogP contribution in [0.15, 0.2) is 65.6 Å². The first-order valence-electron chi connectivity index (χ1n) is 13.0. The lowest BCUT2D eigenvalue weighted by molar-refractivity contribution is -0.118. The number of sulfonamides is 1. The van der Waals surface area contributed by atoms with Crippen molar-refractivity contribution in [2.75, 3.05) is 32.7 Å². The number of pyridine rings is 1. The van der Waals surface area contributed by atoms with E-state index in [0.29, 0.717) is 31.1 Å². The number of ether oxygens (including phenoxy) is 2. The Morgan fingerprint density at radius 3 is 2.56 bits per heavy atom. The van der Waals surface area contributed by atoms with E-state index in [9.17, 15) is 18.3 Å². The van der Waals surface area contributed by atoms with Crippen LogP contribution < -0.4 is 10.1 Å². The number of aromatic nitrogens is 1. The molecule has 1 aromatic heterocycles. The highest BCUT2D eigenvalue weighted by atomic mass is 32.2. The van der Waals surface area contributed by atoms with Gasteiger partial charge in [0.1, 0.15) is 11.6 Å². The maximum absolute atomic E-state index is 13.4. The fourth-order valence-electron chi connectivity index (χ4n) is 5.26. The van der Waals surface area contributed by atoms with Crippen LogP contribution in [0.25, 0.3) is 11.3 Å². The molecule has 1 saturated carbocycles. The lowest BCUT2D eigenvalue weighted by Crippen LogP contribution is -2.37. The molecule has 39 heavy (non-hydrogen) atoms. The van der Waals surface area contributed by atoms with Crippen molar-refractivity contribution in [1.82, 2.24) is 9.29 Å². The summed E-state index contributed by atoms with van der Waals surface area (Å²) >= 11 is 0. The highest BCUT2D eigenvalue weighted by Crippen LogP contribution is 2.49. The van der Waals surface area contributed by atoms with E-state index in [1.807, 2.05) is 30.3 Å². The number of aliphatic hydroxyl groups excluding tert-OH is 1. The molecule has 206 valence electrons. The van der Waals surface area contributed by atoms with Gasteiger partial charge in [0.15, 0.2) is 0 Å². The van der Waals surface area contributed by atoms with Crippen molar-refractivity contribution in [3.05, 3.63) is 71.8 Å². The topological polar surface area (TPSA) is 118 Å². The van der Waals surface area contributed by atoms with E-state index in [0.717, 1.165) is 41.7 Å². The molecule has 5 rings (SSSR count). The molecule has 1 atom stereocenters. The highest BCUT2D eigenvalue weighted by molar-refractivity contribution is 7.89. The number of carbonyl (C=O) groups is 1. The first kappa shape index (κ1) is 27.3. The second-order valence-electron chi connectivity index (χ2n) is 10.0. The number of rotatable bonds is 10. The third kappa shape index (κ3) is 5.29. The Labute approximate surface area is 228 Å². The van der Waals surface area contributed by atoms with E-state index in [1.165, 1.54) is 4.31 Å². The molecular weight excluding hydrogens is 518 g/mol. The Kier molecular flexibility index (Phi) is 7.73. The second-order valence-corrected chi connectivity index (χ2v) is 11.9. The SMILES string of the molecule is COCc1cc(C2(C(=O)Nc3cccc(-c4ccc(S(=O)(=O)N5CCC[C@@H]5CO)cc4)n3)CC2)ccc1OC. The zero-order valence-corrected chi connectivity index (χ0v) is 22.9. The van der Waals surface area contributed by atoms with E-state index < -0.39 is 15.4 Å². The summed E-state index contributed by atoms with van der Waals surface area (Å²) < 4.78 is 38.2. The summed E-state index contributed by atoms with van der Waals surface area (Å²) in [5.41, 5.74) is 2.53. The predicted molar refractivity (Wildman–Crippen MR) is 147 cm³/mol. The van der Waals surface area contributed by atoms with Crippen LogP contribution in [-0.4, -0.2) is 62.1 Å². The number of aliphatic hydroxyl groups is 1. The smallest absolute Gasteiger partial charge is 0.243 e. The van der Waals surface area contributed by atoms with Crippen LogP contribution >= 0.6 is 0 Å². The molecule has 2 heterocycles. The van der Waals surface area contributed by atoms with Crippen molar-refractivity contribution < 1.29 is 27.8 Å². The Morgan fingerprint density at radius 1 is 1.13 bits per heavy atom. The molecule has 2 aromatic carbocycles. The molecule has 0 radical (unpaired) electrons. The van der Waals surface area contributed by atoms with Crippen LogP contribution in [0.2, 0.25) is 0 Å². The summed E-state index contributed by atoms with van der Waals surface area (Å²) in [5, 5.41) is 12.5. The fourth-order valence-corrected chi connectivity index (χ4v) is 6.94. The quantitative estimate of drug-likeness (QED) is 0.394. The van der Waals surface area contributed by atoms with Gasteiger partial charge in [0.25, 0.3) is 0 Å². The first-order chi connectivity index (χ1) is 18.8. The zero-order valence-electron chi connectivity index (χ0n) is 22.1. The van der Waals surface area contributed by atoms with Gasteiger partial charge in [0.2, 0.25) is 15.9 Å². The molecule has 1 aliphatic carbocycles. The van der Waals surface area contributed by atoms with Gasteiger partial charge in [0, 0.05) is 30.8 Å². The van der Waals surface area contributed by atoms with Gasteiger partial charge in [-0.3, -0.25) is 4.79 Å². The summed E-state index contributed by atoms with van der Waals surface area (Å²) in [6, 6.07) is 17.3. The van der Waals surface area contributed by atoms with Crippen LogP contribution in [0, 0.1) is 0 Å². The minimum Gasteiger partial charge on any atom is -0.496 e. The van der Waals surface area contributed by atoms with Crippen LogP contribution in [0.5, 0.6) is 5.75 Å². The molecule has 0 spiro atoms. The van der Waals surface area contributed by atoms with E-state index in [2.05, 4.69) is 10.3 Å². The van der Waals surface area contributed by atoms with Crippen molar-refractivity contribution in [3.63, 3.8) is 0 Å². The minimum atomic E-state index is -3.69. The Hall–Kier alpha value is -3.31. The van der Waals surface area contributed by atoms with Crippen LogP contribution in [0.1, 0.15) is 36.8 Å². The Balaban J connectivity index is 1.33. The van der Waals surface area contributed by atoms with Crippen molar-refractivity contribution in [1.29, 1.82) is 0 Å². The lowest BCUT2D eigenvalue weighted by atomic mass is 9.93. The second kappa shape index (κ2) is 11.1. The molecule has 0 bridgehead atoms. The maximum Gasteiger partial charge on any atom is 0.243 e. The normalized spacial score (nSPS) is 18.6. The number of hydrogen-bond acceptors (Lipinski definition) is 7. The van der Waals surface area contributed by atoms with Crippen molar-refractivity contribution >= 4 is 21.7 Å². The van der Waals surface area contributed by atoms with Crippen molar-refractivity contribution in [2.45, 2.75) is 48.6 Å². The van der Waals surface area contributed by atoms with Gasteiger partial charge >= 0.3 is 0 Å². The first-order valence-corrected chi connectivity index (χ1v) is 14.4. The molecule has 10 heteroatoms. The van der Waals surface area contributed by atoms with Crippen LogP contribution in [0.3, 0.4) is 0 Å². The average Bonchev–Trinajstić information content (AvgIpc) is 3.62. The molecule has 1 amide bonds. The number of benzene rings is 2. The standard InChI is InChI=1S/C29H33N3O6S/c1-37-19-21-17-22(10-13-26(21)38-2)29(14-15-29)28(34)31-27-7-3-6-25(30-27)20-8-11-24(12-9-20)39(35,36)32-16-4-5-23(32)18-33/h3,6-13,17,23,33H,4-5,14-16,18-19H2,1-2H3,(H,30,31,34)/t23-/m1/s1. The average molecular weight is 552 g/mol. The van der Waals surface area contributed by atoms with Crippen molar-refractivity contribution in [2.24, 2.45) is 0 Å². The lowest BCUT2D eigenvalue weighted by Gasteiger charge is -2.22. The molecule has 2 aliphatic rings. The molecular formula is C29H33N3O6S. The molecule has 1 saturated heterocycles. The molecule has 9 nitrogen and oxygen atoms in total. The van der Waals surface area contributed by atoms with Gasteiger partial charge in [0.05, 0.1) is 36.3 Å². The highest BCUT2D eigenvalue weighted by Gasteiger charge is 2.51. The van der Waals surface area contributed by atoms with Gasteiger partial charge in [-0.15, -0.1) is 0 Å². The van der Waals surface area contributed by atoms with Gasteiger partial charge in [-0.1, -0.05) is 24.3 Å². The Morgan fingerprint density at radius 2 is 1.90 bits per heavy atom. The zero-order chi connectivity index (χ0) is 27.6. The largest absolute Gasteiger partial charge is 0.496 e. The van der Waals surface area contributed by atoms with Gasteiger partial charge in [-0.25, -0.2) is 13.4 Å². The number of methoxy groups -OCH3 is 2. The van der Waals surface area contributed by atoms with Crippen LogP contribution in [0.4, 0.5) is 5.82 Å². The molecule has 2 N–H and O–H groups in total. The summed E-state index contributed by atoms with van der Waals surface area (Å²) in [7, 11) is -0.458. The summed E-state index contributed by atoms with van der Waals surface area (Å²) in [5.74, 6) is 1.03. The van der Waals surface area contributed by atoms with Gasteiger partial charge < -0.3 is 19.9 Å². The molecule has 3 aromatic rings. The molecule has 0 unspecified atom stereocenters. The van der Waals surface area contributed by atoms with Crippen LogP contribution in [-0.2, 0) is 31.6 Å². The summed E-state index contributed by atoms with van der Waals surface area (Å²) in [4.78, 5) is 18.2. The Bertz CT molecular complexity index is 1450. The predicted octanol–water partition coefficient (Wildman–Crippen LogP) is 3.72. The summed E-state index contributed by atoms with van der Waals surface area (Å²) in [6.07, 6.45) is 2.87. The number of nitrogens with zero attached hydrogens (tertiary/aromatic N) is 2. The van der Waals surface area contributed by atoms with E-state index in [-0.39, 0.29) is 23.5 Å². The maximum atomic E-state index is 13.4. The number of hydrogen-bond donors (Lipinski definition) is 2. The number of amides is 1. The number of carbonyl (C=O) groups excluding carboxylic acids is 1. The monoisotopic (exact) mass is 551 g/mol. The molecule has 1 aliphatic heterocycles.